The van der Waals surface area contributed by atoms with E-state index in [0.717, 1.165) is 30.6 Å². The molecular formula is C45H73N7O7S. The zero-order valence-corrected chi connectivity index (χ0v) is 36.3. The van der Waals surface area contributed by atoms with Crippen LogP contribution in [0.4, 0.5) is 0 Å². The molecule has 3 saturated heterocycles. The van der Waals surface area contributed by atoms with Crippen LogP contribution in [0, 0.1) is 33.5 Å². The summed E-state index contributed by atoms with van der Waals surface area (Å²) in [6.07, 6.45) is 0.0594. The average molecular weight is 871 g/mol. The van der Waals surface area contributed by atoms with Gasteiger partial charge in [0.2, 0.25) is 23.6 Å². The number of hydrogen-bond acceptors (Lipinski definition) is 8. The predicted octanol–water partition coefficient (Wildman–Crippen LogP) is 4.16. The third-order valence-electron chi connectivity index (χ3n) is 15.5. The van der Waals surface area contributed by atoms with E-state index in [1.807, 2.05) is 0 Å². The molecule has 0 radical (unpaired) electrons. The highest BCUT2D eigenvalue weighted by Crippen LogP contribution is 2.88. The molecule has 3 heterocycles. The lowest BCUT2D eigenvalue weighted by Gasteiger charge is -2.40. The molecule has 4 aliphatic carbocycles. The molecular weight excluding hydrogens is 783 g/mol. The summed E-state index contributed by atoms with van der Waals surface area (Å²) in [5.74, 6) is -6.08. The Morgan fingerprint density at radius 1 is 0.883 bits per heavy atom. The Labute approximate surface area is 379 Å². The minimum Gasteiger partial charge on any atom is -0.343 e. The normalized spacial score (nSPS) is 40.2. The van der Waals surface area contributed by atoms with Gasteiger partial charge in [-0.25, -0.2) is 4.72 Å². The zero-order chi connectivity index (χ0) is 56.7. The number of nitrogens with one attached hydrogen (secondary N) is 4. The van der Waals surface area contributed by atoms with Crippen molar-refractivity contribution in [3.05, 3.63) is 12.7 Å². The van der Waals surface area contributed by atoms with Gasteiger partial charge in [-0.1, -0.05) is 72.8 Å². The van der Waals surface area contributed by atoms with Gasteiger partial charge < -0.3 is 20.9 Å². The Hall–Kier alpha value is -3.04. The molecule has 7 atom stereocenters. The number of carbonyl (C=O) groups is 5. The molecule has 0 aromatic carbocycles. The van der Waals surface area contributed by atoms with Gasteiger partial charge >= 0.3 is 10.2 Å². The Morgan fingerprint density at radius 2 is 1.55 bits per heavy atom. The van der Waals surface area contributed by atoms with Gasteiger partial charge in [0.15, 0.2) is 0 Å². The third kappa shape index (κ3) is 7.62. The van der Waals surface area contributed by atoms with Gasteiger partial charge in [-0.3, -0.25) is 28.9 Å². The minimum absolute atomic E-state index is 0.00879. The number of rotatable bonds is 13. The summed E-state index contributed by atoms with van der Waals surface area (Å²) in [4.78, 5) is 76.4. The SMILES string of the molecule is [2H]C([2H])([2H])C([2H])(N1CCCC[C@H]1C(=O)N[C@H](C(=O)N[C@H](C(=O)N1C[C@]2(C[C@H]1C(=O)N[C@]1(C(=O)NS(=O)(=O)N3C([2H])([2H])C([2H])([2H])C([2H])([2H])C3([2H])[2H])C[C@H]1C=C)C(C)(C)C21CCC1)C(C)(C)C)C1CCCCC1)C([2H])([2H])[2H]. The van der Waals surface area contributed by atoms with Gasteiger partial charge in [0.25, 0.3) is 5.91 Å². The minimum atomic E-state index is -5.76. The number of carbonyl (C=O) groups excluding carboxylic acids is 5. The van der Waals surface area contributed by atoms with Crippen molar-refractivity contribution in [1.29, 1.82) is 0 Å². The predicted molar refractivity (Wildman–Crippen MR) is 229 cm³/mol. The number of likely N-dealkylation sites (tertiary alicyclic amines) is 2. The van der Waals surface area contributed by atoms with E-state index < -0.39 is 147 Å². The topological polar surface area (TPSA) is 177 Å². The van der Waals surface area contributed by atoms with Gasteiger partial charge in [0.1, 0.15) is 23.7 Å². The van der Waals surface area contributed by atoms with Crippen molar-refractivity contribution in [3.63, 3.8) is 0 Å². The van der Waals surface area contributed by atoms with Gasteiger partial charge in [-0.2, -0.15) is 12.7 Å². The summed E-state index contributed by atoms with van der Waals surface area (Å²) in [6.45, 7) is -1.71. The summed E-state index contributed by atoms with van der Waals surface area (Å²) < 4.78 is 152. The second-order valence-corrected chi connectivity index (χ2v) is 21.3. The molecule has 14 nitrogen and oxygen atoms in total. The number of hydrogen-bond donors (Lipinski definition) is 4. The van der Waals surface area contributed by atoms with Crippen LogP contribution >= 0.6 is 0 Å². The van der Waals surface area contributed by atoms with Crippen molar-refractivity contribution < 1.29 is 53.0 Å². The van der Waals surface area contributed by atoms with E-state index in [1.54, 1.807) is 25.5 Å². The van der Waals surface area contributed by atoms with E-state index >= 15 is 9.59 Å². The maximum absolute atomic E-state index is 15.5. The molecule has 7 rings (SSSR count). The summed E-state index contributed by atoms with van der Waals surface area (Å²) in [5, 5.41) is 8.37. The van der Waals surface area contributed by atoms with Crippen molar-refractivity contribution in [2.24, 2.45) is 33.5 Å². The number of nitrogens with zero attached hydrogens (tertiary/aromatic N) is 3. The third-order valence-corrected chi connectivity index (χ3v) is 16.6. The molecule has 0 unspecified atom stereocenters. The molecule has 336 valence electrons. The summed E-state index contributed by atoms with van der Waals surface area (Å²) in [5.41, 5.74) is -4.51. The molecule has 15 heteroatoms. The maximum atomic E-state index is 15.5. The van der Waals surface area contributed by atoms with Crippen LogP contribution in [-0.4, -0.2) is 114 Å². The first-order valence-electron chi connectivity index (χ1n) is 29.0. The lowest BCUT2D eigenvalue weighted by Crippen LogP contribution is -2.63. The van der Waals surface area contributed by atoms with Gasteiger partial charge in [-0.15, -0.1) is 6.58 Å². The largest absolute Gasteiger partial charge is 0.343 e. The van der Waals surface area contributed by atoms with Crippen LogP contribution in [-0.2, 0) is 34.2 Å². The molecule has 2 spiro atoms. The van der Waals surface area contributed by atoms with Gasteiger partial charge in [0.05, 0.1) is 6.04 Å². The van der Waals surface area contributed by atoms with Crippen LogP contribution < -0.4 is 20.7 Å². The van der Waals surface area contributed by atoms with Gasteiger partial charge in [0, 0.05) is 57.5 Å². The molecule has 7 aliphatic rings. The molecule has 60 heavy (non-hydrogen) atoms. The highest BCUT2D eigenvalue weighted by molar-refractivity contribution is 7.87. The first-order chi connectivity index (χ1) is 34.0. The molecule has 0 aromatic rings. The fourth-order valence-corrected chi connectivity index (χ4v) is 12.4. The maximum Gasteiger partial charge on any atom is 0.303 e. The van der Waals surface area contributed by atoms with Crippen molar-refractivity contribution in [2.75, 3.05) is 26.1 Å². The summed E-state index contributed by atoms with van der Waals surface area (Å²) >= 11 is 0. The molecule has 7 fully saturated rings. The van der Waals surface area contributed by atoms with E-state index in [2.05, 4.69) is 36.4 Å². The second kappa shape index (κ2) is 16.3. The first-order valence-corrected chi connectivity index (χ1v) is 22.9. The van der Waals surface area contributed by atoms with Crippen molar-refractivity contribution >= 4 is 39.7 Å². The zero-order valence-electron chi connectivity index (χ0n) is 50.5. The van der Waals surface area contributed by atoms with E-state index in [-0.39, 0.29) is 37.8 Å². The number of fused-ring (bicyclic) bond motifs is 1. The van der Waals surface area contributed by atoms with E-state index in [1.165, 1.54) is 11.0 Å². The Bertz CT molecular complexity index is 2420. The lowest BCUT2D eigenvalue weighted by molar-refractivity contribution is -0.145. The van der Waals surface area contributed by atoms with Crippen LogP contribution in [0.25, 0.3) is 0 Å². The lowest BCUT2D eigenvalue weighted by atomic mass is 9.73. The van der Waals surface area contributed by atoms with Crippen molar-refractivity contribution in [2.45, 2.75) is 180 Å². The van der Waals surface area contributed by atoms with Crippen LogP contribution in [0.1, 0.15) is 165 Å². The first kappa shape index (κ1) is 29.3. The monoisotopic (exact) mass is 871 g/mol. The molecule has 0 bridgehead atoms. The van der Waals surface area contributed by atoms with E-state index in [4.69, 9.17) is 20.6 Å². The standard InChI is InChI=1S/C45H73N7O7S/c1-9-31-26-45(31,40(57)49-60(58,59)50-23-15-16-24-50)48-37(54)33-27-44(42(7,8)43(44)21-17-22-43)28-52(33)39(56)35(41(4,5)6)47-38(55)34(30-18-11-10-12-19-30)46-36(53)32-20-13-14-25-51(32)29(2)3/h9,29-35H,1,10-28H2,2-8H3,(H,46,53)(H,47,55)(H,48,54)(H,49,57)/t31-,32+,33+,34+,35-,44-,45-/m1/s1/i2D3,3D3,15D2,16D2,23D2,24D2,29D. The van der Waals surface area contributed by atoms with E-state index in [0.29, 0.717) is 38.5 Å². The molecule has 4 saturated carbocycles. The summed E-state index contributed by atoms with van der Waals surface area (Å²) in [7, 11) is -5.76. The smallest absolute Gasteiger partial charge is 0.303 e. The highest BCUT2D eigenvalue weighted by Gasteiger charge is 2.85. The fraction of sp³-hybridized carbons (Fsp3) is 0.844. The van der Waals surface area contributed by atoms with Gasteiger partial charge in [-0.05, 0) is 107 Å². The van der Waals surface area contributed by atoms with Crippen molar-refractivity contribution in [3.8, 4) is 0 Å². The number of piperidine rings is 1. The molecule has 5 amide bonds. The van der Waals surface area contributed by atoms with E-state index in [9.17, 15) is 22.8 Å². The quantitative estimate of drug-likeness (QED) is 0.200. The Morgan fingerprint density at radius 3 is 2.12 bits per heavy atom. The van der Waals surface area contributed by atoms with Crippen LogP contribution in [0.15, 0.2) is 12.7 Å². The average Bonchev–Trinajstić information content (AvgIpc) is 3.98. The Balaban J connectivity index is 1.19. The molecule has 3 aliphatic heterocycles. The molecule has 4 N–H and O–H groups in total. The highest BCUT2D eigenvalue weighted by atomic mass is 32.2. The number of amides is 5. The van der Waals surface area contributed by atoms with Crippen molar-refractivity contribution in [1.82, 2.24) is 34.8 Å². The summed E-state index contributed by atoms with van der Waals surface area (Å²) in [6, 6.07) is -8.58. The fourth-order valence-electron chi connectivity index (χ4n) is 11.6. The Kier molecular flexibility index (Phi) is 7.95. The molecule has 0 aromatic heterocycles. The van der Waals surface area contributed by atoms with Crippen LogP contribution in [0.3, 0.4) is 0 Å². The van der Waals surface area contributed by atoms with Crippen LogP contribution in [0.5, 0.6) is 0 Å². The second-order valence-electron chi connectivity index (χ2n) is 19.8. The van der Waals surface area contributed by atoms with Crippen LogP contribution in [0.2, 0.25) is 0 Å².